The number of ketones is 1. The number of furan rings is 1. The number of amides is 1. The van der Waals surface area contributed by atoms with Gasteiger partial charge in [-0.3, -0.25) is 14.5 Å². The van der Waals surface area contributed by atoms with Crippen molar-refractivity contribution in [3.05, 3.63) is 74.6 Å². The molecule has 13 heteroatoms. The van der Waals surface area contributed by atoms with Crippen molar-refractivity contribution in [2.75, 3.05) is 16.0 Å². The van der Waals surface area contributed by atoms with Gasteiger partial charge in [-0.15, -0.1) is 10.2 Å². The molecule has 0 saturated heterocycles. The molecule has 5 rings (SSSR count). The number of carbonyl (C=O) groups is 2. The first-order chi connectivity index (χ1) is 18.3. The third-order valence-electron chi connectivity index (χ3n) is 6.08. The lowest BCUT2D eigenvalue weighted by atomic mass is 9.78. The first-order valence-corrected chi connectivity index (χ1v) is 14.1. The molecule has 0 bridgehead atoms. The van der Waals surface area contributed by atoms with Crippen LogP contribution in [-0.4, -0.2) is 27.6 Å². The molecule has 38 heavy (non-hydrogen) atoms. The van der Waals surface area contributed by atoms with Crippen molar-refractivity contribution in [2.24, 2.45) is 5.73 Å². The van der Waals surface area contributed by atoms with Crippen LogP contribution in [0.2, 0.25) is 10.0 Å². The average Bonchev–Trinajstić information content (AvgIpc) is 3.53. The van der Waals surface area contributed by atoms with Crippen LogP contribution in [0.1, 0.15) is 36.7 Å². The van der Waals surface area contributed by atoms with E-state index in [9.17, 15) is 14.9 Å². The van der Waals surface area contributed by atoms with Gasteiger partial charge < -0.3 is 15.5 Å². The molecule has 1 aromatic carbocycles. The standard InChI is InChI=1S/C25H20Cl2N6O3S2/c1-12-5-8-19(36-12)21-14(10-28)23(29)33(17-3-2-4-18(34)22(17)21)24-31-32-25(38-24)37-11-20(35)30-16-7-6-13(26)9-15(16)27/h5-9,21H,2-4,11,29H2,1H3,(H,30,35). The largest absolute Gasteiger partial charge is 0.465 e. The van der Waals surface area contributed by atoms with Gasteiger partial charge in [0.05, 0.1) is 34.0 Å². The summed E-state index contributed by atoms with van der Waals surface area (Å²) in [5.74, 6) is 0.434. The summed E-state index contributed by atoms with van der Waals surface area (Å²) in [6.45, 7) is 1.81. The lowest BCUT2D eigenvalue weighted by molar-refractivity contribution is -0.116. The maximum Gasteiger partial charge on any atom is 0.234 e. The van der Waals surface area contributed by atoms with E-state index in [0.717, 1.165) is 0 Å². The van der Waals surface area contributed by atoms with Crippen LogP contribution in [-0.2, 0) is 9.59 Å². The molecule has 0 fully saturated rings. The number of Topliss-reactive ketones (excluding diaryl/α,β-unsaturated/α-hetero) is 1. The lowest BCUT2D eigenvalue weighted by Gasteiger charge is -2.37. The van der Waals surface area contributed by atoms with Crippen LogP contribution in [0, 0.1) is 18.3 Å². The Balaban J connectivity index is 1.40. The van der Waals surface area contributed by atoms with E-state index in [1.54, 1.807) is 42.2 Å². The van der Waals surface area contributed by atoms with Gasteiger partial charge in [-0.2, -0.15) is 5.26 Å². The predicted molar refractivity (Wildman–Crippen MR) is 147 cm³/mol. The van der Waals surface area contributed by atoms with Crippen LogP contribution in [0.15, 0.2) is 61.8 Å². The molecule has 3 heterocycles. The van der Waals surface area contributed by atoms with Gasteiger partial charge in [-0.25, -0.2) is 0 Å². The minimum absolute atomic E-state index is 0.0489. The topological polar surface area (TPSA) is 138 Å². The summed E-state index contributed by atoms with van der Waals surface area (Å²) >= 11 is 14.4. The number of carbonyl (C=O) groups excluding carboxylic acids is 2. The summed E-state index contributed by atoms with van der Waals surface area (Å²) in [4.78, 5) is 27.3. The molecule has 1 unspecified atom stereocenters. The number of halogens is 2. The molecule has 1 aliphatic carbocycles. The SMILES string of the molecule is Cc1ccc(C2C(C#N)=C(N)N(c3nnc(SCC(=O)Nc4ccc(Cl)cc4Cl)s3)C3=C2C(=O)CCC3)o1. The van der Waals surface area contributed by atoms with E-state index < -0.39 is 5.92 Å². The molecule has 3 aromatic rings. The molecule has 0 spiro atoms. The van der Waals surface area contributed by atoms with Crippen molar-refractivity contribution >= 4 is 68.8 Å². The quantitative estimate of drug-likeness (QED) is 0.344. The van der Waals surface area contributed by atoms with Gasteiger partial charge >= 0.3 is 0 Å². The van der Waals surface area contributed by atoms with E-state index in [4.69, 9.17) is 33.4 Å². The van der Waals surface area contributed by atoms with Gasteiger partial charge in [0.15, 0.2) is 10.1 Å². The fourth-order valence-electron chi connectivity index (χ4n) is 4.45. The van der Waals surface area contributed by atoms with Crippen LogP contribution in [0.4, 0.5) is 10.8 Å². The summed E-state index contributed by atoms with van der Waals surface area (Å²) in [5, 5.41) is 22.5. The molecule has 1 amide bonds. The minimum Gasteiger partial charge on any atom is -0.465 e. The Bertz CT molecular complexity index is 1550. The number of nitrogens with zero attached hydrogens (tertiary/aromatic N) is 4. The van der Waals surface area contributed by atoms with E-state index in [1.807, 2.05) is 0 Å². The van der Waals surface area contributed by atoms with Crippen molar-refractivity contribution in [1.29, 1.82) is 5.26 Å². The summed E-state index contributed by atoms with van der Waals surface area (Å²) in [6, 6.07) is 10.6. The molecule has 0 radical (unpaired) electrons. The van der Waals surface area contributed by atoms with Gasteiger partial charge in [-0.05, 0) is 50.1 Å². The number of anilines is 2. The highest BCUT2D eigenvalue weighted by Crippen LogP contribution is 2.47. The van der Waals surface area contributed by atoms with E-state index in [2.05, 4.69) is 21.6 Å². The number of hydrogen-bond acceptors (Lipinski definition) is 10. The van der Waals surface area contributed by atoms with E-state index in [-0.39, 0.29) is 28.8 Å². The van der Waals surface area contributed by atoms with Gasteiger partial charge in [0.1, 0.15) is 17.3 Å². The normalized spacial score (nSPS) is 17.5. The molecule has 9 nitrogen and oxygen atoms in total. The van der Waals surface area contributed by atoms with E-state index in [0.29, 0.717) is 67.3 Å². The first kappa shape index (κ1) is 26.3. The molecule has 0 saturated carbocycles. The van der Waals surface area contributed by atoms with Crippen LogP contribution in [0.5, 0.6) is 0 Å². The second kappa shape index (κ2) is 10.8. The van der Waals surface area contributed by atoms with Crippen molar-refractivity contribution in [1.82, 2.24) is 10.2 Å². The Kier molecular flexibility index (Phi) is 7.49. The highest BCUT2D eigenvalue weighted by Gasteiger charge is 2.42. The number of rotatable bonds is 6. The fraction of sp³-hybridized carbons (Fsp3) is 0.240. The molecular weight excluding hydrogens is 567 g/mol. The van der Waals surface area contributed by atoms with Crippen molar-refractivity contribution < 1.29 is 14.0 Å². The summed E-state index contributed by atoms with van der Waals surface area (Å²) in [5.41, 5.74) is 8.41. The lowest BCUT2D eigenvalue weighted by Crippen LogP contribution is -2.38. The third-order valence-corrected chi connectivity index (χ3v) is 8.67. The smallest absolute Gasteiger partial charge is 0.234 e. The van der Waals surface area contributed by atoms with Crippen molar-refractivity contribution in [3.63, 3.8) is 0 Å². The van der Waals surface area contributed by atoms with Crippen LogP contribution in [0.25, 0.3) is 0 Å². The van der Waals surface area contributed by atoms with Gasteiger partial charge in [0, 0.05) is 22.7 Å². The molecule has 3 N–H and O–H groups in total. The van der Waals surface area contributed by atoms with Gasteiger partial charge in [-0.1, -0.05) is 46.3 Å². The minimum atomic E-state index is -0.669. The number of nitrogens with two attached hydrogens (primary N) is 1. The number of hydrogen-bond donors (Lipinski definition) is 2. The molecule has 1 aliphatic heterocycles. The van der Waals surface area contributed by atoms with Crippen LogP contribution in [0.3, 0.4) is 0 Å². The molecular formula is C25H20Cl2N6O3S2. The van der Waals surface area contributed by atoms with Crippen molar-refractivity contribution in [3.8, 4) is 6.07 Å². The molecule has 2 aromatic heterocycles. The first-order valence-electron chi connectivity index (χ1n) is 11.5. The number of nitriles is 1. The monoisotopic (exact) mass is 586 g/mol. The zero-order valence-corrected chi connectivity index (χ0v) is 23.1. The highest BCUT2D eigenvalue weighted by molar-refractivity contribution is 8.01. The zero-order chi connectivity index (χ0) is 27.0. The van der Waals surface area contributed by atoms with Gasteiger partial charge in [0.25, 0.3) is 0 Å². The number of aryl methyl sites for hydroxylation is 1. The Morgan fingerprint density at radius 1 is 1.32 bits per heavy atom. The Labute approximate surface area is 236 Å². The number of thioether (sulfide) groups is 1. The summed E-state index contributed by atoms with van der Waals surface area (Å²) in [7, 11) is 0. The van der Waals surface area contributed by atoms with E-state index >= 15 is 0 Å². The third kappa shape index (κ3) is 5.05. The fourth-order valence-corrected chi connectivity index (χ4v) is 6.59. The summed E-state index contributed by atoms with van der Waals surface area (Å²) in [6.07, 6.45) is 1.62. The highest BCUT2D eigenvalue weighted by atomic mass is 35.5. The van der Waals surface area contributed by atoms with Gasteiger partial charge in [0.2, 0.25) is 11.0 Å². The maximum atomic E-state index is 13.1. The molecule has 1 atom stereocenters. The molecule has 2 aliphatic rings. The van der Waals surface area contributed by atoms with Crippen LogP contribution < -0.4 is 16.0 Å². The Morgan fingerprint density at radius 2 is 2.13 bits per heavy atom. The zero-order valence-electron chi connectivity index (χ0n) is 20.0. The number of aromatic nitrogens is 2. The molecule has 194 valence electrons. The maximum absolute atomic E-state index is 13.1. The summed E-state index contributed by atoms with van der Waals surface area (Å²) < 4.78 is 6.35. The average molecular weight is 588 g/mol. The number of benzene rings is 1. The van der Waals surface area contributed by atoms with Crippen molar-refractivity contribution in [2.45, 2.75) is 36.4 Å². The second-order valence-corrected chi connectivity index (χ2v) is 11.6. The Hall–Kier alpha value is -3.30. The Morgan fingerprint density at radius 3 is 2.84 bits per heavy atom. The number of allylic oxidation sites excluding steroid dienone is 3. The number of nitrogens with one attached hydrogen (secondary N) is 1. The second-order valence-electron chi connectivity index (χ2n) is 8.58. The van der Waals surface area contributed by atoms with Crippen LogP contribution >= 0.6 is 46.3 Å². The van der Waals surface area contributed by atoms with E-state index in [1.165, 1.54) is 23.1 Å². The predicted octanol–water partition coefficient (Wildman–Crippen LogP) is 5.78.